The predicted molar refractivity (Wildman–Crippen MR) is 104 cm³/mol. The molecule has 3 rings (SSSR count). The molecule has 0 saturated carbocycles. The summed E-state index contributed by atoms with van der Waals surface area (Å²) in [6.45, 7) is 4.86. The van der Waals surface area contributed by atoms with Crippen LogP contribution in [0.1, 0.15) is 81.5 Å². The molecule has 1 aromatic rings. The van der Waals surface area contributed by atoms with Crippen LogP contribution in [0.25, 0.3) is 0 Å². The molecule has 0 radical (unpaired) electrons. The molecule has 1 aliphatic heterocycles. The number of nitrogens with zero attached hydrogens (tertiary/aromatic N) is 1. The molecule has 1 fully saturated rings. The summed E-state index contributed by atoms with van der Waals surface area (Å²) in [5.41, 5.74) is 3.98. The highest BCUT2D eigenvalue weighted by atomic mass is 16.2. The number of hydrogen-bond acceptors (Lipinski definition) is 2. The van der Waals surface area contributed by atoms with Crippen LogP contribution >= 0.6 is 0 Å². The van der Waals surface area contributed by atoms with Crippen molar-refractivity contribution in [2.75, 3.05) is 6.54 Å². The van der Waals surface area contributed by atoms with Crippen LogP contribution < -0.4 is 5.32 Å². The van der Waals surface area contributed by atoms with E-state index in [-0.39, 0.29) is 18.0 Å². The van der Waals surface area contributed by atoms with Gasteiger partial charge in [0.2, 0.25) is 0 Å². The SMILES string of the molecule is CCC(NC(=O)C(=O)N1CCCCC1CC)c1ccc2c(c1)CCCC2. The van der Waals surface area contributed by atoms with Crippen LogP contribution in [0, 0.1) is 0 Å². The van der Waals surface area contributed by atoms with Gasteiger partial charge >= 0.3 is 11.8 Å². The van der Waals surface area contributed by atoms with Crippen molar-refractivity contribution in [2.45, 2.75) is 83.7 Å². The summed E-state index contributed by atoms with van der Waals surface area (Å²) in [6.07, 6.45) is 9.65. The maximum Gasteiger partial charge on any atom is 0.312 e. The molecule has 4 nitrogen and oxygen atoms in total. The predicted octanol–water partition coefficient (Wildman–Crippen LogP) is 3.92. The molecule has 2 amide bonds. The van der Waals surface area contributed by atoms with Gasteiger partial charge in [0.05, 0.1) is 6.04 Å². The van der Waals surface area contributed by atoms with Gasteiger partial charge in [-0.05, 0) is 74.5 Å². The summed E-state index contributed by atoms with van der Waals surface area (Å²) >= 11 is 0. The highest BCUT2D eigenvalue weighted by Gasteiger charge is 2.30. The summed E-state index contributed by atoms with van der Waals surface area (Å²) in [5.74, 6) is -0.803. The molecule has 2 aliphatic rings. The summed E-state index contributed by atoms with van der Waals surface area (Å²) in [6, 6.07) is 6.69. The average molecular weight is 357 g/mol. The van der Waals surface area contributed by atoms with E-state index in [1.165, 1.54) is 24.0 Å². The van der Waals surface area contributed by atoms with Crippen LogP contribution in [0.4, 0.5) is 0 Å². The third-order valence-corrected chi connectivity index (χ3v) is 6.04. The van der Waals surface area contributed by atoms with E-state index in [9.17, 15) is 9.59 Å². The zero-order chi connectivity index (χ0) is 18.5. The van der Waals surface area contributed by atoms with Crippen LogP contribution in [-0.2, 0) is 22.4 Å². The van der Waals surface area contributed by atoms with E-state index >= 15 is 0 Å². The van der Waals surface area contributed by atoms with Gasteiger partial charge in [-0.1, -0.05) is 32.0 Å². The maximum atomic E-state index is 12.7. The fraction of sp³-hybridized carbons (Fsp3) is 0.636. The number of carbonyl (C=O) groups excluding carboxylic acids is 2. The van der Waals surface area contributed by atoms with Crippen molar-refractivity contribution in [3.05, 3.63) is 34.9 Å². The quantitative estimate of drug-likeness (QED) is 0.831. The first-order valence-electron chi connectivity index (χ1n) is 10.4. The molecule has 1 saturated heterocycles. The Bertz CT molecular complexity index is 656. The van der Waals surface area contributed by atoms with Gasteiger partial charge < -0.3 is 10.2 Å². The monoisotopic (exact) mass is 356 g/mol. The van der Waals surface area contributed by atoms with E-state index in [0.717, 1.165) is 50.5 Å². The first kappa shape index (κ1) is 18.9. The molecule has 26 heavy (non-hydrogen) atoms. The number of likely N-dealkylation sites (tertiary alicyclic amines) is 1. The first-order chi connectivity index (χ1) is 12.6. The second kappa shape index (κ2) is 8.70. The summed E-state index contributed by atoms with van der Waals surface area (Å²) in [4.78, 5) is 27.1. The number of nitrogens with one attached hydrogen (secondary N) is 1. The van der Waals surface area contributed by atoms with E-state index in [1.807, 2.05) is 0 Å². The molecule has 1 aliphatic carbocycles. The second-order valence-electron chi connectivity index (χ2n) is 7.73. The molecule has 0 spiro atoms. The number of amides is 2. The van der Waals surface area contributed by atoms with Crippen molar-refractivity contribution in [3.8, 4) is 0 Å². The molecule has 142 valence electrons. The lowest BCUT2D eigenvalue weighted by atomic mass is 9.89. The Morgan fingerprint density at radius 1 is 1.12 bits per heavy atom. The maximum absolute atomic E-state index is 12.7. The smallest absolute Gasteiger partial charge is 0.312 e. The summed E-state index contributed by atoms with van der Waals surface area (Å²) < 4.78 is 0. The van der Waals surface area contributed by atoms with Gasteiger partial charge in [-0.3, -0.25) is 9.59 Å². The van der Waals surface area contributed by atoms with Gasteiger partial charge in [-0.15, -0.1) is 0 Å². The lowest BCUT2D eigenvalue weighted by Crippen LogP contribution is -2.50. The van der Waals surface area contributed by atoms with Crippen LogP contribution in [0.15, 0.2) is 18.2 Å². The Morgan fingerprint density at radius 3 is 2.62 bits per heavy atom. The van der Waals surface area contributed by atoms with E-state index < -0.39 is 5.91 Å². The highest BCUT2D eigenvalue weighted by molar-refractivity contribution is 6.35. The minimum Gasteiger partial charge on any atom is -0.341 e. The Balaban J connectivity index is 1.69. The fourth-order valence-corrected chi connectivity index (χ4v) is 4.43. The minimum absolute atomic E-state index is 0.0939. The van der Waals surface area contributed by atoms with E-state index in [2.05, 4.69) is 37.4 Å². The minimum atomic E-state index is -0.449. The van der Waals surface area contributed by atoms with Gasteiger partial charge in [0.25, 0.3) is 0 Å². The molecule has 2 atom stereocenters. The summed E-state index contributed by atoms with van der Waals surface area (Å²) in [5, 5.41) is 3.00. The molecule has 4 heteroatoms. The topological polar surface area (TPSA) is 49.4 Å². The lowest BCUT2D eigenvalue weighted by molar-refractivity contribution is -0.148. The zero-order valence-electron chi connectivity index (χ0n) is 16.2. The van der Waals surface area contributed by atoms with E-state index in [4.69, 9.17) is 0 Å². The van der Waals surface area contributed by atoms with Gasteiger partial charge in [0.15, 0.2) is 0 Å². The Labute approximate surface area is 157 Å². The van der Waals surface area contributed by atoms with Crippen molar-refractivity contribution in [1.82, 2.24) is 10.2 Å². The number of benzene rings is 1. The Kier molecular flexibility index (Phi) is 6.33. The van der Waals surface area contributed by atoms with Gasteiger partial charge in [0.1, 0.15) is 0 Å². The number of piperidine rings is 1. The number of hydrogen-bond donors (Lipinski definition) is 1. The number of fused-ring (bicyclic) bond motifs is 1. The van der Waals surface area contributed by atoms with Gasteiger partial charge in [-0.2, -0.15) is 0 Å². The Hall–Kier alpha value is -1.84. The van der Waals surface area contributed by atoms with Crippen molar-refractivity contribution in [1.29, 1.82) is 0 Å². The van der Waals surface area contributed by atoms with Crippen LogP contribution in [0.3, 0.4) is 0 Å². The molecule has 1 heterocycles. The molecule has 1 aromatic carbocycles. The van der Waals surface area contributed by atoms with Gasteiger partial charge in [0, 0.05) is 12.6 Å². The van der Waals surface area contributed by atoms with Gasteiger partial charge in [-0.25, -0.2) is 0 Å². The standard InChI is InChI=1S/C22H32N2O2/c1-3-19-11-7-8-14-24(19)22(26)21(25)23-20(4-2)18-13-12-16-9-5-6-10-17(16)15-18/h12-13,15,19-20H,3-11,14H2,1-2H3,(H,23,25). The second-order valence-corrected chi connectivity index (χ2v) is 7.73. The average Bonchev–Trinajstić information content (AvgIpc) is 2.70. The molecule has 2 unspecified atom stereocenters. The first-order valence-corrected chi connectivity index (χ1v) is 10.4. The van der Waals surface area contributed by atoms with Crippen molar-refractivity contribution in [2.24, 2.45) is 0 Å². The molecule has 1 N–H and O–H groups in total. The number of aryl methyl sites for hydroxylation is 2. The van der Waals surface area contributed by atoms with Crippen molar-refractivity contribution >= 4 is 11.8 Å². The zero-order valence-corrected chi connectivity index (χ0v) is 16.2. The lowest BCUT2D eigenvalue weighted by Gasteiger charge is -2.35. The van der Waals surface area contributed by atoms with Crippen LogP contribution in [0.2, 0.25) is 0 Å². The normalized spacial score (nSPS) is 21.0. The summed E-state index contributed by atoms with van der Waals surface area (Å²) in [7, 11) is 0. The van der Waals surface area contributed by atoms with Crippen molar-refractivity contribution < 1.29 is 9.59 Å². The molecular formula is C22H32N2O2. The number of carbonyl (C=O) groups is 2. The number of rotatable bonds is 4. The van der Waals surface area contributed by atoms with Crippen LogP contribution in [0.5, 0.6) is 0 Å². The van der Waals surface area contributed by atoms with E-state index in [1.54, 1.807) is 4.90 Å². The third-order valence-electron chi connectivity index (χ3n) is 6.04. The molecule has 0 bridgehead atoms. The third kappa shape index (κ3) is 4.11. The van der Waals surface area contributed by atoms with Crippen molar-refractivity contribution in [3.63, 3.8) is 0 Å². The Morgan fingerprint density at radius 2 is 1.88 bits per heavy atom. The molecular weight excluding hydrogens is 324 g/mol. The molecule has 0 aromatic heterocycles. The van der Waals surface area contributed by atoms with Crippen LogP contribution in [-0.4, -0.2) is 29.3 Å². The van der Waals surface area contributed by atoms with E-state index in [0.29, 0.717) is 6.54 Å². The highest BCUT2D eigenvalue weighted by Crippen LogP contribution is 2.26. The largest absolute Gasteiger partial charge is 0.341 e. The fourth-order valence-electron chi connectivity index (χ4n) is 4.43.